The van der Waals surface area contributed by atoms with Crippen LogP contribution in [0, 0.1) is 0 Å². The SMILES string of the molecule is COc1cc(C2=NCCCCCCC(=O)N2)ccn1. The Labute approximate surface area is 113 Å². The van der Waals surface area contributed by atoms with E-state index in [1.807, 2.05) is 6.07 Å². The first-order valence-corrected chi connectivity index (χ1v) is 6.64. The van der Waals surface area contributed by atoms with E-state index in [0.29, 0.717) is 18.1 Å². The third-order valence-electron chi connectivity index (χ3n) is 3.06. The molecule has 1 aromatic heterocycles. The van der Waals surface area contributed by atoms with Crippen molar-refractivity contribution in [3.8, 4) is 5.88 Å². The van der Waals surface area contributed by atoms with Crippen LogP contribution < -0.4 is 10.1 Å². The third-order valence-corrected chi connectivity index (χ3v) is 3.06. The van der Waals surface area contributed by atoms with Crippen LogP contribution in [-0.2, 0) is 4.79 Å². The Morgan fingerprint density at radius 3 is 2.95 bits per heavy atom. The van der Waals surface area contributed by atoms with Crippen molar-refractivity contribution >= 4 is 11.7 Å². The summed E-state index contributed by atoms with van der Waals surface area (Å²) in [5.41, 5.74) is 0.834. The molecule has 1 aliphatic rings. The van der Waals surface area contributed by atoms with E-state index in [4.69, 9.17) is 4.74 Å². The molecule has 0 saturated carbocycles. The largest absolute Gasteiger partial charge is 0.481 e. The Kier molecular flexibility index (Phi) is 4.89. The van der Waals surface area contributed by atoms with E-state index < -0.39 is 0 Å². The summed E-state index contributed by atoms with van der Waals surface area (Å²) in [5.74, 6) is 1.16. The van der Waals surface area contributed by atoms with Gasteiger partial charge >= 0.3 is 0 Å². The summed E-state index contributed by atoms with van der Waals surface area (Å²) in [7, 11) is 1.57. The van der Waals surface area contributed by atoms with Crippen molar-refractivity contribution in [3.05, 3.63) is 23.9 Å². The minimum atomic E-state index is 0.0245. The van der Waals surface area contributed by atoms with Gasteiger partial charge in [-0.25, -0.2) is 4.98 Å². The number of hydrogen-bond donors (Lipinski definition) is 1. The summed E-state index contributed by atoms with van der Waals surface area (Å²) in [4.78, 5) is 20.3. The third kappa shape index (κ3) is 4.05. The Morgan fingerprint density at radius 1 is 1.26 bits per heavy atom. The average Bonchev–Trinajstić information content (AvgIpc) is 2.45. The number of ether oxygens (including phenoxy) is 1. The molecule has 5 nitrogen and oxygen atoms in total. The molecule has 1 amide bonds. The molecular weight excluding hydrogens is 242 g/mol. The van der Waals surface area contributed by atoms with Gasteiger partial charge in [-0.2, -0.15) is 0 Å². The second-order valence-corrected chi connectivity index (χ2v) is 4.53. The number of amides is 1. The van der Waals surface area contributed by atoms with Gasteiger partial charge in [-0.15, -0.1) is 0 Å². The fourth-order valence-electron chi connectivity index (χ4n) is 2.01. The maximum absolute atomic E-state index is 11.8. The van der Waals surface area contributed by atoms with E-state index in [0.717, 1.165) is 37.8 Å². The minimum Gasteiger partial charge on any atom is -0.481 e. The molecule has 0 radical (unpaired) electrons. The molecule has 0 aromatic carbocycles. The predicted molar refractivity (Wildman–Crippen MR) is 73.4 cm³/mol. The first kappa shape index (κ1) is 13.5. The monoisotopic (exact) mass is 261 g/mol. The maximum atomic E-state index is 11.8. The quantitative estimate of drug-likeness (QED) is 0.884. The average molecular weight is 261 g/mol. The minimum absolute atomic E-state index is 0.0245. The van der Waals surface area contributed by atoms with E-state index >= 15 is 0 Å². The summed E-state index contributed by atoms with van der Waals surface area (Å²) < 4.78 is 5.09. The first-order chi connectivity index (χ1) is 9.29. The topological polar surface area (TPSA) is 63.6 Å². The van der Waals surface area contributed by atoms with Crippen molar-refractivity contribution in [2.75, 3.05) is 13.7 Å². The van der Waals surface area contributed by atoms with Crippen LogP contribution in [0.1, 0.15) is 37.7 Å². The highest BCUT2D eigenvalue weighted by molar-refractivity contribution is 6.08. The van der Waals surface area contributed by atoms with E-state index in [1.54, 1.807) is 19.4 Å². The normalized spacial score (nSPS) is 17.3. The number of nitrogens with one attached hydrogen (secondary N) is 1. The molecule has 19 heavy (non-hydrogen) atoms. The lowest BCUT2D eigenvalue weighted by Crippen LogP contribution is -2.31. The molecule has 0 fully saturated rings. The Bertz CT molecular complexity index is 472. The van der Waals surface area contributed by atoms with Crippen molar-refractivity contribution in [2.45, 2.75) is 32.1 Å². The smallest absolute Gasteiger partial charge is 0.225 e. The summed E-state index contributed by atoms with van der Waals surface area (Å²) in [6.07, 6.45) is 6.44. The van der Waals surface area contributed by atoms with Crippen molar-refractivity contribution < 1.29 is 9.53 Å². The molecular formula is C14H19N3O2. The van der Waals surface area contributed by atoms with Gasteiger partial charge < -0.3 is 10.1 Å². The fraction of sp³-hybridized carbons (Fsp3) is 0.500. The van der Waals surface area contributed by atoms with Gasteiger partial charge in [0, 0.05) is 30.8 Å². The highest BCUT2D eigenvalue weighted by Crippen LogP contribution is 2.11. The summed E-state index contributed by atoms with van der Waals surface area (Å²) in [5, 5.41) is 2.88. The lowest BCUT2D eigenvalue weighted by molar-refractivity contribution is -0.119. The molecule has 102 valence electrons. The van der Waals surface area contributed by atoms with Crippen LogP contribution in [0.3, 0.4) is 0 Å². The molecule has 0 aliphatic carbocycles. The van der Waals surface area contributed by atoms with Gasteiger partial charge in [0.1, 0.15) is 5.84 Å². The van der Waals surface area contributed by atoms with Gasteiger partial charge in [0.15, 0.2) is 0 Å². The molecule has 0 bridgehead atoms. The van der Waals surface area contributed by atoms with Gasteiger partial charge in [0.2, 0.25) is 11.8 Å². The van der Waals surface area contributed by atoms with Crippen LogP contribution in [0.4, 0.5) is 0 Å². The van der Waals surface area contributed by atoms with E-state index in [9.17, 15) is 4.79 Å². The summed E-state index contributed by atoms with van der Waals surface area (Å²) in [6.45, 7) is 0.736. The molecule has 2 rings (SSSR count). The van der Waals surface area contributed by atoms with E-state index in [1.165, 1.54) is 0 Å². The summed E-state index contributed by atoms with van der Waals surface area (Å²) >= 11 is 0. The van der Waals surface area contributed by atoms with Crippen molar-refractivity contribution in [1.29, 1.82) is 0 Å². The molecule has 1 N–H and O–H groups in total. The summed E-state index contributed by atoms with van der Waals surface area (Å²) in [6, 6.07) is 3.61. The molecule has 0 saturated heterocycles. The first-order valence-electron chi connectivity index (χ1n) is 6.64. The number of aliphatic imine (C=N–C) groups is 1. The van der Waals surface area contributed by atoms with Crippen molar-refractivity contribution in [3.63, 3.8) is 0 Å². The van der Waals surface area contributed by atoms with Crippen LogP contribution >= 0.6 is 0 Å². The number of amidine groups is 1. The predicted octanol–water partition coefficient (Wildman–Crippen LogP) is 1.92. The van der Waals surface area contributed by atoms with Crippen molar-refractivity contribution in [1.82, 2.24) is 10.3 Å². The fourth-order valence-corrected chi connectivity index (χ4v) is 2.01. The number of aromatic nitrogens is 1. The number of nitrogens with zero attached hydrogens (tertiary/aromatic N) is 2. The molecule has 1 aliphatic heterocycles. The Balaban J connectivity index is 2.21. The van der Waals surface area contributed by atoms with Crippen LogP contribution in [0.5, 0.6) is 5.88 Å². The number of rotatable bonds is 2. The van der Waals surface area contributed by atoms with E-state index in [2.05, 4.69) is 15.3 Å². The molecule has 5 heteroatoms. The maximum Gasteiger partial charge on any atom is 0.225 e. The molecule has 2 heterocycles. The van der Waals surface area contributed by atoms with Crippen LogP contribution in [0.15, 0.2) is 23.3 Å². The highest BCUT2D eigenvalue weighted by atomic mass is 16.5. The van der Waals surface area contributed by atoms with Gasteiger partial charge in [-0.1, -0.05) is 12.8 Å². The van der Waals surface area contributed by atoms with Crippen LogP contribution in [0.25, 0.3) is 0 Å². The second-order valence-electron chi connectivity index (χ2n) is 4.53. The zero-order valence-electron chi connectivity index (χ0n) is 11.2. The number of methoxy groups -OCH3 is 1. The van der Waals surface area contributed by atoms with Gasteiger partial charge in [0.05, 0.1) is 7.11 Å². The lowest BCUT2D eigenvalue weighted by Gasteiger charge is -2.12. The molecule has 0 unspecified atom stereocenters. The Hall–Kier alpha value is -1.91. The number of pyridine rings is 1. The lowest BCUT2D eigenvalue weighted by atomic mass is 10.1. The zero-order chi connectivity index (χ0) is 13.5. The second kappa shape index (κ2) is 6.87. The standard InChI is InChI=1S/C14H19N3O2/c1-19-13-10-11(7-9-15-13)14-16-8-5-3-2-4-6-12(18)17-14/h7,9-10H,2-6,8H2,1H3,(H,16,17,18). The van der Waals surface area contributed by atoms with Gasteiger partial charge in [0.25, 0.3) is 0 Å². The number of carbonyl (C=O) groups excluding carboxylic acids is 1. The van der Waals surface area contributed by atoms with Crippen molar-refractivity contribution in [2.24, 2.45) is 4.99 Å². The molecule has 1 aromatic rings. The van der Waals surface area contributed by atoms with E-state index in [-0.39, 0.29) is 5.91 Å². The van der Waals surface area contributed by atoms with Gasteiger partial charge in [-0.3, -0.25) is 9.79 Å². The zero-order valence-corrected chi connectivity index (χ0v) is 11.2. The van der Waals surface area contributed by atoms with Crippen LogP contribution in [-0.4, -0.2) is 30.4 Å². The number of hydrogen-bond acceptors (Lipinski definition) is 4. The molecule has 0 atom stereocenters. The van der Waals surface area contributed by atoms with Gasteiger partial charge in [-0.05, 0) is 18.9 Å². The van der Waals surface area contributed by atoms with Crippen LogP contribution in [0.2, 0.25) is 0 Å². The number of carbonyl (C=O) groups is 1. The highest BCUT2D eigenvalue weighted by Gasteiger charge is 2.11. The molecule has 0 spiro atoms. The Morgan fingerprint density at radius 2 is 2.11 bits per heavy atom.